The number of aryl methyl sites for hydroxylation is 1. The van der Waals surface area contributed by atoms with Crippen molar-refractivity contribution in [1.82, 2.24) is 14.9 Å². The third-order valence-corrected chi connectivity index (χ3v) is 8.84. The second-order valence-electron chi connectivity index (χ2n) is 11.0. The molecule has 10 heteroatoms. The Labute approximate surface area is 254 Å². The lowest BCUT2D eigenvalue weighted by Crippen LogP contribution is -2.48. The van der Waals surface area contributed by atoms with E-state index in [4.69, 9.17) is 0 Å². The number of carboxylic acids is 1. The zero-order valence-corrected chi connectivity index (χ0v) is 25.7. The minimum Gasteiger partial charge on any atom is -0.480 e. The molecule has 0 aliphatic heterocycles. The van der Waals surface area contributed by atoms with Crippen LogP contribution < -0.4 is 10.6 Å². The number of nitrogens with zero attached hydrogens (tertiary/aromatic N) is 1. The molecule has 0 heterocycles. The monoisotopic (exact) mass is 607 g/mol. The highest BCUT2D eigenvalue weighted by atomic mass is 32.2. The molecule has 0 aromatic heterocycles. The zero-order chi connectivity index (χ0) is 31.4. The molecule has 0 unspecified atom stereocenters. The molecular weight excluding hydrogens is 566 g/mol. The van der Waals surface area contributed by atoms with Crippen LogP contribution in [0, 0.1) is 12.8 Å². The Morgan fingerprint density at radius 2 is 1.47 bits per heavy atom. The third kappa shape index (κ3) is 10.0. The van der Waals surface area contributed by atoms with E-state index in [0.29, 0.717) is 24.8 Å². The summed E-state index contributed by atoms with van der Waals surface area (Å²) in [7, 11) is -4.05. The summed E-state index contributed by atoms with van der Waals surface area (Å²) in [4.78, 5) is 38.3. The Hall–Kier alpha value is -4.02. The lowest BCUT2D eigenvalue weighted by Gasteiger charge is -2.29. The molecule has 3 rings (SSSR count). The Kier molecular flexibility index (Phi) is 12.5. The summed E-state index contributed by atoms with van der Waals surface area (Å²) in [5.41, 5.74) is 2.23. The molecule has 0 saturated carbocycles. The van der Waals surface area contributed by atoms with Gasteiger partial charge < -0.3 is 15.7 Å². The molecule has 3 N–H and O–H groups in total. The van der Waals surface area contributed by atoms with Crippen LogP contribution in [0.2, 0.25) is 0 Å². The van der Waals surface area contributed by atoms with E-state index < -0.39 is 28.1 Å². The Morgan fingerprint density at radius 1 is 0.860 bits per heavy atom. The van der Waals surface area contributed by atoms with Crippen LogP contribution in [0.3, 0.4) is 0 Å². The summed E-state index contributed by atoms with van der Waals surface area (Å²) in [6, 6.07) is 22.3. The summed E-state index contributed by atoms with van der Waals surface area (Å²) in [5, 5.41) is 15.7. The average molecular weight is 608 g/mol. The number of sulfonamides is 1. The van der Waals surface area contributed by atoms with Gasteiger partial charge in [0, 0.05) is 25.1 Å². The normalized spacial score (nSPS) is 13.0. The van der Waals surface area contributed by atoms with Crippen LogP contribution in [0.5, 0.6) is 0 Å². The fourth-order valence-electron chi connectivity index (χ4n) is 4.68. The number of carbonyl (C=O) groups is 3. The van der Waals surface area contributed by atoms with E-state index in [0.717, 1.165) is 15.4 Å². The number of rotatable bonds is 16. The third-order valence-electron chi connectivity index (χ3n) is 6.95. The van der Waals surface area contributed by atoms with Crippen LogP contribution in [0.25, 0.3) is 0 Å². The largest absolute Gasteiger partial charge is 0.480 e. The molecule has 0 bridgehead atoms. The van der Waals surface area contributed by atoms with E-state index in [2.05, 4.69) is 10.6 Å². The first-order chi connectivity index (χ1) is 20.5. The quantitative estimate of drug-likeness (QED) is 0.207. The molecule has 9 nitrogen and oxygen atoms in total. The van der Waals surface area contributed by atoms with E-state index in [-0.39, 0.29) is 42.1 Å². The summed E-state index contributed by atoms with van der Waals surface area (Å²) in [5.74, 6) is -2.02. The SMILES string of the molecule is Cc1ccc(S(=O)(=O)N(CC(C)C)[C@@H](CCCCNC(=O)[C@H](Cc2ccccc2)NC(=O)c2ccccc2)C(=O)O)cc1. The van der Waals surface area contributed by atoms with E-state index >= 15 is 0 Å². The van der Waals surface area contributed by atoms with Gasteiger partial charge in [-0.1, -0.05) is 80.1 Å². The van der Waals surface area contributed by atoms with Gasteiger partial charge in [0.15, 0.2) is 0 Å². The fraction of sp³-hybridized carbons (Fsp3) is 0.364. The van der Waals surface area contributed by atoms with Gasteiger partial charge >= 0.3 is 5.97 Å². The molecule has 0 aliphatic rings. The first kappa shape index (κ1) is 33.5. The Morgan fingerprint density at radius 3 is 2.05 bits per heavy atom. The molecule has 3 aromatic carbocycles. The molecule has 3 aromatic rings. The van der Waals surface area contributed by atoms with E-state index in [1.165, 1.54) is 12.1 Å². The molecule has 2 amide bonds. The van der Waals surface area contributed by atoms with Crippen LogP contribution in [-0.2, 0) is 26.0 Å². The van der Waals surface area contributed by atoms with Gasteiger partial charge in [0.05, 0.1) is 4.90 Å². The minimum atomic E-state index is -4.05. The maximum Gasteiger partial charge on any atom is 0.322 e. The second-order valence-corrected chi connectivity index (χ2v) is 12.9. The summed E-state index contributed by atoms with van der Waals surface area (Å²) in [6.07, 6.45) is 1.18. The number of nitrogens with one attached hydrogen (secondary N) is 2. The van der Waals surface area contributed by atoms with Gasteiger partial charge in [-0.25, -0.2) is 8.42 Å². The van der Waals surface area contributed by atoms with Crippen molar-refractivity contribution in [1.29, 1.82) is 0 Å². The highest BCUT2D eigenvalue weighted by Gasteiger charge is 2.36. The molecule has 0 spiro atoms. The standard InChI is InChI=1S/C33H41N3O6S/c1-24(2)23-36(43(41,42)28-19-17-25(3)18-20-28)30(33(39)40)16-10-11-21-34-32(38)29(22-26-12-6-4-7-13-26)35-31(37)27-14-8-5-9-15-27/h4-9,12-15,17-20,24,29-30H,10-11,16,21-23H2,1-3H3,(H,34,38)(H,35,37)(H,39,40)/t29-,30-/m0/s1. The van der Waals surface area contributed by atoms with E-state index in [1.807, 2.05) is 51.1 Å². The molecule has 2 atom stereocenters. The number of unbranched alkanes of at least 4 members (excludes halogenated alkanes) is 1. The highest BCUT2D eigenvalue weighted by Crippen LogP contribution is 2.23. The molecule has 0 aliphatic carbocycles. The fourth-order valence-corrected chi connectivity index (χ4v) is 6.45. The van der Waals surface area contributed by atoms with Crippen molar-refractivity contribution in [3.8, 4) is 0 Å². The topological polar surface area (TPSA) is 133 Å². The molecule has 43 heavy (non-hydrogen) atoms. The molecule has 0 saturated heterocycles. The summed E-state index contributed by atoms with van der Waals surface area (Å²) in [6.45, 7) is 5.84. The van der Waals surface area contributed by atoms with Crippen LogP contribution in [-0.4, -0.2) is 60.8 Å². The van der Waals surface area contributed by atoms with Crippen molar-refractivity contribution in [2.24, 2.45) is 5.92 Å². The van der Waals surface area contributed by atoms with E-state index in [1.54, 1.807) is 42.5 Å². The summed E-state index contributed by atoms with van der Waals surface area (Å²) >= 11 is 0. The van der Waals surface area contributed by atoms with Gasteiger partial charge in [-0.3, -0.25) is 14.4 Å². The van der Waals surface area contributed by atoms with Crippen molar-refractivity contribution in [3.05, 3.63) is 102 Å². The maximum absolute atomic E-state index is 13.5. The van der Waals surface area contributed by atoms with Crippen LogP contribution >= 0.6 is 0 Å². The molecule has 0 fully saturated rings. The van der Waals surface area contributed by atoms with Crippen molar-refractivity contribution in [2.45, 2.75) is 63.4 Å². The van der Waals surface area contributed by atoms with Gasteiger partial charge in [-0.05, 0) is 61.9 Å². The number of carboxylic acid groups (broad SMARTS) is 1. The molecular formula is C33H41N3O6S. The second kappa shape index (κ2) is 16.0. The zero-order valence-electron chi connectivity index (χ0n) is 24.9. The number of benzene rings is 3. The van der Waals surface area contributed by atoms with Crippen LogP contribution in [0.15, 0.2) is 89.8 Å². The van der Waals surface area contributed by atoms with Crippen molar-refractivity contribution in [2.75, 3.05) is 13.1 Å². The number of aliphatic carboxylic acids is 1. The van der Waals surface area contributed by atoms with Crippen LogP contribution in [0.1, 0.15) is 54.6 Å². The number of hydrogen-bond donors (Lipinski definition) is 3. The maximum atomic E-state index is 13.5. The number of hydrogen-bond acceptors (Lipinski definition) is 5. The smallest absolute Gasteiger partial charge is 0.322 e. The van der Waals surface area contributed by atoms with Gasteiger partial charge in [0.2, 0.25) is 15.9 Å². The average Bonchev–Trinajstić information content (AvgIpc) is 2.98. The first-order valence-electron chi connectivity index (χ1n) is 14.5. The lowest BCUT2D eigenvalue weighted by atomic mass is 10.0. The Bertz CT molecular complexity index is 1440. The molecule has 230 valence electrons. The predicted octanol–water partition coefficient (Wildman–Crippen LogP) is 4.42. The van der Waals surface area contributed by atoms with Gasteiger partial charge in [0.25, 0.3) is 5.91 Å². The van der Waals surface area contributed by atoms with Crippen LogP contribution in [0.4, 0.5) is 0 Å². The van der Waals surface area contributed by atoms with Crippen molar-refractivity contribution >= 4 is 27.8 Å². The first-order valence-corrected chi connectivity index (χ1v) is 15.9. The number of carbonyl (C=O) groups excluding carboxylic acids is 2. The minimum absolute atomic E-state index is 0.0549. The van der Waals surface area contributed by atoms with Gasteiger partial charge in [-0.2, -0.15) is 4.31 Å². The van der Waals surface area contributed by atoms with Gasteiger partial charge in [0.1, 0.15) is 12.1 Å². The highest BCUT2D eigenvalue weighted by molar-refractivity contribution is 7.89. The number of amides is 2. The molecule has 0 radical (unpaired) electrons. The Balaban J connectivity index is 1.63. The van der Waals surface area contributed by atoms with Crippen molar-refractivity contribution in [3.63, 3.8) is 0 Å². The summed E-state index contributed by atoms with van der Waals surface area (Å²) < 4.78 is 28.1. The van der Waals surface area contributed by atoms with Crippen molar-refractivity contribution < 1.29 is 27.9 Å². The predicted molar refractivity (Wildman–Crippen MR) is 166 cm³/mol. The van der Waals surface area contributed by atoms with Gasteiger partial charge in [-0.15, -0.1) is 0 Å². The lowest BCUT2D eigenvalue weighted by molar-refractivity contribution is -0.142. The van der Waals surface area contributed by atoms with E-state index in [9.17, 15) is 27.9 Å².